The van der Waals surface area contributed by atoms with Crippen LogP contribution in [0, 0.1) is 17.5 Å². The van der Waals surface area contributed by atoms with Gasteiger partial charge in [0.15, 0.2) is 23.2 Å². The number of hydrogen-bond donors (Lipinski definition) is 1. The largest absolute Gasteiger partial charge is 0.453 e. The molecule has 1 atom stereocenters. The Labute approximate surface area is 157 Å². The Balaban J connectivity index is 1.83. The van der Waals surface area contributed by atoms with Gasteiger partial charge in [-0.3, -0.25) is 9.69 Å². The first kappa shape index (κ1) is 19.5. The topological polar surface area (TPSA) is 88.2 Å². The molecule has 11 heteroatoms. The Morgan fingerprint density at radius 2 is 2.07 bits per heavy atom. The lowest BCUT2D eigenvalue weighted by Gasteiger charge is -2.25. The Bertz CT molecular complexity index is 861. The van der Waals surface area contributed by atoms with Gasteiger partial charge in [-0.1, -0.05) is 0 Å². The van der Waals surface area contributed by atoms with E-state index >= 15 is 0 Å². The number of carbonyl (C=O) groups excluding carboxylic acids is 3. The van der Waals surface area contributed by atoms with Crippen LogP contribution in [0.3, 0.4) is 0 Å². The number of nitrogens with one attached hydrogen (secondary N) is 1. The molecule has 28 heavy (non-hydrogen) atoms. The molecule has 1 N–H and O–H groups in total. The molecule has 1 fully saturated rings. The van der Waals surface area contributed by atoms with Gasteiger partial charge in [0.25, 0.3) is 0 Å². The molecule has 0 spiro atoms. The number of halogens is 3. The van der Waals surface area contributed by atoms with E-state index in [1.54, 1.807) is 0 Å². The number of hydrogen-bond acceptors (Lipinski definition) is 6. The fourth-order valence-electron chi connectivity index (χ4n) is 2.87. The Morgan fingerprint density at radius 3 is 2.71 bits per heavy atom. The predicted octanol–water partition coefficient (Wildman–Crippen LogP) is 2.08. The molecule has 8 nitrogen and oxygen atoms in total. The lowest BCUT2D eigenvalue weighted by atomic mass is 10.1. The van der Waals surface area contributed by atoms with E-state index in [-0.39, 0.29) is 31.8 Å². The van der Waals surface area contributed by atoms with E-state index in [9.17, 15) is 27.6 Å². The van der Waals surface area contributed by atoms with Crippen molar-refractivity contribution in [2.75, 3.05) is 36.5 Å². The third-order valence-corrected chi connectivity index (χ3v) is 4.27. The van der Waals surface area contributed by atoms with Gasteiger partial charge in [0.2, 0.25) is 0 Å². The molecule has 2 heterocycles. The van der Waals surface area contributed by atoms with Crippen molar-refractivity contribution in [2.24, 2.45) is 0 Å². The molecule has 0 aliphatic carbocycles. The average Bonchev–Trinajstić information content (AvgIpc) is 3.04. The lowest BCUT2D eigenvalue weighted by molar-refractivity contribution is -0.114. The number of ether oxygens (including phenoxy) is 2. The molecule has 2 amide bonds. The molecule has 0 unspecified atom stereocenters. The summed E-state index contributed by atoms with van der Waals surface area (Å²) in [5.74, 6) is -4.23. The smallest absolute Gasteiger partial charge is 0.414 e. The Hall–Kier alpha value is -3.24. The summed E-state index contributed by atoms with van der Waals surface area (Å²) in [5, 5.41) is 2.31. The van der Waals surface area contributed by atoms with Crippen molar-refractivity contribution in [3.63, 3.8) is 0 Å². The zero-order chi connectivity index (χ0) is 20.4. The molecule has 0 bridgehead atoms. The molecule has 2 aliphatic heterocycles. The van der Waals surface area contributed by atoms with Crippen LogP contribution in [-0.2, 0) is 14.3 Å². The number of allylic oxidation sites excluding steroid dienone is 1. The van der Waals surface area contributed by atoms with E-state index in [4.69, 9.17) is 4.74 Å². The van der Waals surface area contributed by atoms with E-state index in [0.29, 0.717) is 6.07 Å². The predicted molar refractivity (Wildman–Crippen MR) is 90.4 cm³/mol. The van der Waals surface area contributed by atoms with Crippen molar-refractivity contribution >= 4 is 29.3 Å². The summed E-state index contributed by atoms with van der Waals surface area (Å²) in [6, 6.07) is 0.690. The normalized spacial score (nSPS) is 19.1. The van der Waals surface area contributed by atoms with Crippen molar-refractivity contribution in [1.82, 2.24) is 5.32 Å². The lowest BCUT2D eigenvalue weighted by Crippen LogP contribution is -2.34. The van der Waals surface area contributed by atoms with Crippen molar-refractivity contribution in [3.8, 4) is 0 Å². The van der Waals surface area contributed by atoms with Crippen LogP contribution in [0.25, 0.3) is 0 Å². The van der Waals surface area contributed by atoms with Crippen molar-refractivity contribution < 1.29 is 37.0 Å². The first-order valence-electron chi connectivity index (χ1n) is 8.27. The minimum Gasteiger partial charge on any atom is -0.453 e. The average molecular weight is 399 g/mol. The van der Waals surface area contributed by atoms with Gasteiger partial charge < -0.3 is 19.7 Å². The molecule has 0 radical (unpaired) electrons. The van der Waals surface area contributed by atoms with Crippen LogP contribution in [0.4, 0.5) is 34.1 Å². The summed E-state index contributed by atoms with van der Waals surface area (Å²) in [5.41, 5.74) is -1.28. The Morgan fingerprint density at radius 1 is 1.32 bits per heavy atom. The van der Waals surface area contributed by atoms with Crippen LogP contribution < -0.4 is 15.1 Å². The van der Waals surface area contributed by atoms with Crippen molar-refractivity contribution in [3.05, 3.63) is 35.8 Å². The second kappa shape index (κ2) is 7.79. The number of ketones is 1. The molecule has 3 rings (SSSR count). The number of benzene rings is 1. The van der Waals surface area contributed by atoms with E-state index in [2.05, 4.69) is 10.1 Å². The number of amides is 2. The van der Waals surface area contributed by atoms with Crippen molar-refractivity contribution in [2.45, 2.75) is 12.5 Å². The number of anilines is 2. The van der Waals surface area contributed by atoms with E-state index in [0.717, 1.165) is 23.0 Å². The summed E-state index contributed by atoms with van der Waals surface area (Å²) in [7, 11) is 1.15. The fraction of sp³-hybridized carbons (Fsp3) is 0.353. The highest BCUT2D eigenvalue weighted by Gasteiger charge is 2.36. The zero-order valence-electron chi connectivity index (χ0n) is 14.7. The molecule has 150 valence electrons. The SMILES string of the molecule is COC(=O)NC[C@H]1CN(c2cc(F)c(N3C=CC(=O)CC3)c(F)c2F)C(=O)O1. The summed E-state index contributed by atoms with van der Waals surface area (Å²) < 4.78 is 53.0. The number of alkyl carbamates (subject to hydrolysis) is 1. The number of cyclic esters (lactones) is 1. The van der Waals surface area contributed by atoms with Gasteiger partial charge in [0.1, 0.15) is 11.8 Å². The van der Waals surface area contributed by atoms with Gasteiger partial charge >= 0.3 is 12.2 Å². The van der Waals surface area contributed by atoms with Gasteiger partial charge in [0.05, 0.1) is 25.9 Å². The van der Waals surface area contributed by atoms with Gasteiger partial charge in [0, 0.05) is 25.2 Å². The maximum atomic E-state index is 14.6. The highest BCUT2D eigenvalue weighted by atomic mass is 19.2. The quantitative estimate of drug-likeness (QED) is 0.780. The van der Waals surface area contributed by atoms with Crippen molar-refractivity contribution in [1.29, 1.82) is 0 Å². The van der Waals surface area contributed by atoms with Gasteiger partial charge in [-0.25, -0.2) is 22.8 Å². The van der Waals surface area contributed by atoms with E-state index in [1.165, 1.54) is 6.20 Å². The molecule has 1 saturated heterocycles. The molecule has 1 aromatic rings. The van der Waals surface area contributed by atoms with E-state index < -0.39 is 47.1 Å². The third kappa shape index (κ3) is 3.73. The van der Waals surface area contributed by atoms with E-state index in [1.807, 2.05) is 0 Å². The first-order valence-corrected chi connectivity index (χ1v) is 8.27. The van der Waals surface area contributed by atoms with Crippen LogP contribution in [0.1, 0.15) is 6.42 Å². The van der Waals surface area contributed by atoms with Gasteiger partial charge in [-0.05, 0) is 6.08 Å². The Kier molecular flexibility index (Phi) is 5.43. The molecule has 0 saturated carbocycles. The van der Waals surface area contributed by atoms with Crippen LogP contribution in [0.2, 0.25) is 0 Å². The molecular formula is C17H16F3N3O5. The maximum absolute atomic E-state index is 14.6. The summed E-state index contributed by atoms with van der Waals surface area (Å²) in [6.45, 7) is -0.350. The number of carbonyl (C=O) groups is 3. The number of methoxy groups -OCH3 is 1. The number of rotatable bonds is 4. The highest BCUT2D eigenvalue weighted by molar-refractivity contribution is 5.92. The second-order valence-electron chi connectivity index (χ2n) is 6.07. The monoisotopic (exact) mass is 399 g/mol. The molecular weight excluding hydrogens is 383 g/mol. The van der Waals surface area contributed by atoms with Gasteiger partial charge in [-0.2, -0.15) is 0 Å². The second-order valence-corrected chi connectivity index (χ2v) is 6.07. The van der Waals surface area contributed by atoms with Crippen LogP contribution in [0.15, 0.2) is 18.3 Å². The third-order valence-electron chi connectivity index (χ3n) is 4.27. The minimum absolute atomic E-state index is 0.00497. The molecule has 1 aromatic carbocycles. The minimum atomic E-state index is -1.49. The maximum Gasteiger partial charge on any atom is 0.414 e. The zero-order valence-corrected chi connectivity index (χ0v) is 14.7. The number of nitrogens with zero attached hydrogens (tertiary/aromatic N) is 2. The summed E-state index contributed by atoms with van der Waals surface area (Å²) in [6.07, 6.45) is -0.268. The van der Waals surface area contributed by atoms with Gasteiger partial charge in [-0.15, -0.1) is 0 Å². The molecule has 2 aliphatic rings. The van der Waals surface area contributed by atoms with Crippen LogP contribution in [-0.4, -0.2) is 50.8 Å². The first-order chi connectivity index (χ1) is 13.3. The highest BCUT2D eigenvalue weighted by Crippen LogP contribution is 2.35. The van der Waals surface area contributed by atoms with Crippen LogP contribution in [0.5, 0.6) is 0 Å². The standard InChI is InChI=1S/C17H16F3N3O5/c1-27-16(25)21-7-10-8-23(17(26)28-10)12-6-11(18)15(14(20)13(12)19)22-4-2-9(24)3-5-22/h2,4,6,10H,3,5,7-8H2,1H3,(H,21,25)/t10-/m0/s1. The fourth-order valence-corrected chi connectivity index (χ4v) is 2.87. The van der Waals surface area contributed by atoms with Crippen LogP contribution >= 0.6 is 0 Å². The summed E-state index contributed by atoms with van der Waals surface area (Å²) in [4.78, 5) is 36.1. The molecule has 0 aromatic heterocycles. The summed E-state index contributed by atoms with van der Waals surface area (Å²) >= 11 is 0.